The van der Waals surface area contributed by atoms with Gasteiger partial charge in [0.25, 0.3) is 0 Å². The highest BCUT2D eigenvalue weighted by atomic mass is 32.1. The molecule has 0 aliphatic heterocycles. The van der Waals surface area contributed by atoms with Gasteiger partial charge in [-0.2, -0.15) is 0 Å². The van der Waals surface area contributed by atoms with E-state index in [4.69, 9.17) is 10.5 Å². The van der Waals surface area contributed by atoms with E-state index in [0.29, 0.717) is 11.6 Å². The topological polar surface area (TPSA) is 61.0 Å². The predicted octanol–water partition coefficient (Wildman–Crippen LogP) is 2.10. The fourth-order valence-corrected chi connectivity index (χ4v) is 2.11. The monoisotopic (exact) mass is 221 g/mol. The average Bonchev–Trinajstić information content (AvgIpc) is 2.64. The van der Waals surface area contributed by atoms with Crippen molar-refractivity contribution in [2.75, 3.05) is 12.8 Å². The van der Waals surface area contributed by atoms with Crippen LogP contribution in [0.3, 0.4) is 0 Å². The van der Waals surface area contributed by atoms with E-state index < -0.39 is 0 Å². The lowest BCUT2D eigenvalue weighted by Crippen LogP contribution is -1.99. The van der Waals surface area contributed by atoms with Gasteiger partial charge in [-0.25, -0.2) is 9.97 Å². The number of anilines is 1. The minimum atomic E-state index is 0.369. The second-order valence-electron chi connectivity index (χ2n) is 3.03. The van der Waals surface area contributed by atoms with Gasteiger partial charge in [0.1, 0.15) is 12.0 Å². The summed E-state index contributed by atoms with van der Waals surface area (Å²) < 4.78 is 5.21. The highest BCUT2D eigenvalue weighted by Gasteiger charge is 2.13. The van der Waals surface area contributed by atoms with Gasteiger partial charge in [0, 0.05) is 10.4 Å². The van der Waals surface area contributed by atoms with Crippen molar-refractivity contribution in [3.05, 3.63) is 22.7 Å². The molecule has 5 heteroatoms. The molecule has 0 fully saturated rings. The van der Waals surface area contributed by atoms with E-state index in [1.54, 1.807) is 18.4 Å². The van der Waals surface area contributed by atoms with Crippen molar-refractivity contribution >= 4 is 17.2 Å². The van der Waals surface area contributed by atoms with Crippen LogP contribution in [0.1, 0.15) is 4.88 Å². The summed E-state index contributed by atoms with van der Waals surface area (Å²) >= 11 is 1.67. The lowest BCUT2D eigenvalue weighted by atomic mass is 10.2. The highest BCUT2D eigenvalue weighted by Crippen LogP contribution is 2.34. The van der Waals surface area contributed by atoms with Gasteiger partial charge in [0.05, 0.1) is 7.11 Å². The van der Waals surface area contributed by atoms with Crippen LogP contribution in [0.25, 0.3) is 11.3 Å². The average molecular weight is 221 g/mol. The number of nitrogens with zero attached hydrogens (tertiary/aromatic N) is 2. The molecule has 0 radical (unpaired) electrons. The van der Waals surface area contributed by atoms with Crippen molar-refractivity contribution in [1.82, 2.24) is 9.97 Å². The van der Waals surface area contributed by atoms with Crippen molar-refractivity contribution in [1.29, 1.82) is 0 Å². The Balaban J connectivity index is 2.63. The lowest BCUT2D eigenvalue weighted by Gasteiger charge is -2.08. The third-order valence-electron chi connectivity index (χ3n) is 2.15. The van der Waals surface area contributed by atoms with Crippen LogP contribution in [0.15, 0.2) is 17.8 Å². The van der Waals surface area contributed by atoms with Crippen LogP contribution in [-0.2, 0) is 0 Å². The molecule has 0 aromatic carbocycles. The maximum atomic E-state index is 5.72. The van der Waals surface area contributed by atoms with E-state index >= 15 is 0 Å². The summed E-state index contributed by atoms with van der Waals surface area (Å²) in [6.45, 7) is 2.04. The summed E-state index contributed by atoms with van der Waals surface area (Å²) in [6, 6.07) is 2.00. The fourth-order valence-electron chi connectivity index (χ4n) is 1.41. The zero-order valence-corrected chi connectivity index (χ0v) is 9.34. The zero-order chi connectivity index (χ0) is 10.8. The number of methoxy groups -OCH3 is 1. The number of aryl methyl sites for hydroxylation is 1. The summed E-state index contributed by atoms with van der Waals surface area (Å²) in [7, 11) is 1.57. The number of nitrogen functional groups attached to an aromatic ring is 1. The van der Waals surface area contributed by atoms with Gasteiger partial charge in [-0.15, -0.1) is 11.3 Å². The van der Waals surface area contributed by atoms with Crippen LogP contribution in [0.4, 0.5) is 5.82 Å². The fraction of sp³-hybridized carbons (Fsp3) is 0.200. The van der Waals surface area contributed by atoms with Gasteiger partial charge >= 0.3 is 0 Å². The molecule has 15 heavy (non-hydrogen) atoms. The number of hydrogen-bond donors (Lipinski definition) is 1. The van der Waals surface area contributed by atoms with Crippen molar-refractivity contribution < 1.29 is 4.74 Å². The molecule has 0 spiro atoms. The molecular weight excluding hydrogens is 210 g/mol. The summed E-state index contributed by atoms with van der Waals surface area (Å²) in [6.07, 6.45) is 1.45. The molecule has 0 bridgehead atoms. The molecule has 0 aliphatic rings. The first-order chi connectivity index (χ1) is 7.24. The molecule has 0 saturated heterocycles. The Kier molecular flexibility index (Phi) is 2.55. The van der Waals surface area contributed by atoms with Crippen LogP contribution >= 0.6 is 11.3 Å². The van der Waals surface area contributed by atoms with Crippen molar-refractivity contribution in [3.8, 4) is 17.0 Å². The molecule has 2 aromatic rings. The van der Waals surface area contributed by atoms with Crippen molar-refractivity contribution in [3.63, 3.8) is 0 Å². The van der Waals surface area contributed by atoms with Crippen LogP contribution < -0.4 is 10.5 Å². The number of nitrogens with two attached hydrogens (primary N) is 1. The van der Waals surface area contributed by atoms with Crippen LogP contribution in [-0.4, -0.2) is 17.1 Å². The van der Waals surface area contributed by atoms with E-state index in [-0.39, 0.29) is 0 Å². The van der Waals surface area contributed by atoms with Gasteiger partial charge in [0.2, 0.25) is 0 Å². The molecule has 2 rings (SSSR count). The Bertz CT molecular complexity index is 481. The minimum Gasteiger partial charge on any atom is -0.491 e. The maximum Gasteiger partial charge on any atom is 0.187 e. The van der Waals surface area contributed by atoms with Gasteiger partial charge < -0.3 is 10.5 Å². The molecule has 4 nitrogen and oxygen atoms in total. The zero-order valence-electron chi connectivity index (χ0n) is 8.52. The Morgan fingerprint density at radius 3 is 2.80 bits per heavy atom. The second kappa shape index (κ2) is 3.86. The SMILES string of the molecule is COc1c(N)ncnc1-c1ccsc1C. The van der Waals surface area contributed by atoms with Crippen LogP contribution in [0.5, 0.6) is 5.75 Å². The standard InChI is InChI=1S/C10H11N3OS/c1-6-7(3-4-15-6)8-9(14-2)10(11)13-5-12-8/h3-5H,1-2H3,(H2,11,12,13). The molecule has 0 saturated carbocycles. The molecular formula is C10H11N3OS. The molecule has 0 atom stereocenters. The Hall–Kier alpha value is -1.62. The smallest absolute Gasteiger partial charge is 0.187 e. The molecule has 0 aliphatic carbocycles. The highest BCUT2D eigenvalue weighted by molar-refractivity contribution is 7.10. The van der Waals surface area contributed by atoms with E-state index in [0.717, 1.165) is 11.3 Å². The van der Waals surface area contributed by atoms with Crippen LogP contribution in [0.2, 0.25) is 0 Å². The first kappa shape index (κ1) is 9.92. The normalized spacial score (nSPS) is 10.3. The first-order valence-corrected chi connectivity index (χ1v) is 5.31. The predicted molar refractivity (Wildman–Crippen MR) is 61.0 cm³/mol. The molecule has 78 valence electrons. The number of thiophene rings is 1. The van der Waals surface area contributed by atoms with E-state index in [1.807, 2.05) is 18.4 Å². The number of rotatable bonds is 2. The van der Waals surface area contributed by atoms with E-state index in [9.17, 15) is 0 Å². The molecule has 2 aromatic heterocycles. The summed E-state index contributed by atoms with van der Waals surface area (Å²) in [4.78, 5) is 9.29. The third-order valence-corrected chi connectivity index (χ3v) is 3.00. The Labute approximate surface area is 91.8 Å². The van der Waals surface area contributed by atoms with Gasteiger partial charge in [-0.3, -0.25) is 0 Å². The minimum absolute atomic E-state index is 0.369. The van der Waals surface area contributed by atoms with Gasteiger partial charge in [0.15, 0.2) is 11.6 Å². The lowest BCUT2D eigenvalue weighted by molar-refractivity contribution is 0.415. The summed E-state index contributed by atoms with van der Waals surface area (Å²) in [5.74, 6) is 0.909. The molecule has 2 heterocycles. The molecule has 0 unspecified atom stereocenters. The molecule has 0 amide bonds. The quantitative estimate of drug-likeness (QED) is 0.843. The first-order valence-electron chi connectivity index (χ1n) is 4.43. The number of hydrogen-bond acceptors (Lipinski definition) is 5. The summed E-state index contributed by atoms with van der Waals surface area (Å²) in [5.41, 5.74) is 7.52. The largest absolute Gasteiger partial charge is 0.491 e. The summed E-state index contributed by atoms with van der Waals surface area (Å²) in [5, 5.41) is 2.02. The second-order valence-corrected chi connectivity index (χ2v) is 4.15. The molecule has 2 N–H and O–H groups in total. The number of aromatic nitrogens is 2. The van der Waals surface area contributed by atoms with E-state index in [1.165, 1.54) is 11.2 Å². The third kappa shape index (κ3) is 1.66. The number of ether oxygens (including phenoxy) is 1. The van der Waals surface area contributed by atoms with Gasteiger partial charge in [-0.05, 0) is 18.4 Å². The van der Waals surface area contributed by atoms with Crippen LogP contribution in [0, 0.1) is 6.92 Å². The maximum absolute atomic E-state index is 5.72. The Morgan fingerprint density at radius 1 is 1.40 bits per heavy atom. The van der Waals surface area contributed by atoms with Gasteiger partial charge in [-0.1, -0.05) is 0 Å². The Morgan fingerprint density at radius 2 is 2.20 bits per heavy atom. The van der Waals surface area contributed by atoms with E-state index in [2.05, 4.69) is 9.97 Å². The van der Waals surface area contributed by atoms with Crippen molar-refractivity contribution in [2.24, 2.45) is 0 Å². The van der Waals surface area contributed by atoms with Crippen molar-refractivity contribution in [2.45, 2.75) is 6.92 Å².